The molecule has 7 heteroatoms. The first-order chi connectivity index (χ1) is 7.38. The van der Waals surface area contributed by atoms with Crippen molar-refractivity contribution in [1.29, 1.82) is 0 Å². The van der Waals surface area contributed by atoms with E-state index in [9.17, 15) is 12.8 Å². The van der Waals surface area contributed by atoms with Gasteiger partial charge in [0.2, 0.25) is 10.0 Å². The van der Waals surface area contributed by atoms with E-state index in [1.807, 2.05) is 0 Å². The van der Waals surface area contributed by atoms with Crippen LogP contribution in [-0.4, -0.2) is 26.2 Å². The third kappa shape index (κ3) is 2.91. The summed E-state index contributed by atoms with van der Waals surface area (Å²) in [6.45, 7) is 1.08. The van der Waals surface area contributed by atoms with Crippen LogP contribution >= 0.6 is 11.6 Å². The summed E-state index contributed by atoms with van der Waals surface area (Å²) in [5.41, 5.74) is 0. The standard InChI is InChI=1S/C9H11ClFNO3S/c1-6(5-13)12-16(14,15)8-4-2-3-7(10)9(8)11/h2-4,6,12-13H,5H2,1H3/t6-/m0/s1. The van der Waals surface area contributed by atoms with E-state index >= 15 is 0 Å². The molecule has 0 radical (unpaired) electrons. The van der Waals surface area contributed by atoms with Crippen molar-refractivity contribution in [3.63, 3.8) is 0 Å². The fourth-order valence-corrected chi connectivity index (χ4v) is 2.62. The molecule has 1 aromatic rings. The zero-order valence-corrected chi connectivity index (χ0v) is 10.0. The fraction of sp³-hybridized carbons (Fsp3) is 0.333. The molecule has 16 heavy (non-hydrogen) atoms. The number of halogens is 2. The monoisotopic (exact) mass is 267 g/mol. The summed E-state index contributed by atoms with van der Waals surface area (Å²) in [5, 5.41) is 8.46. The second-order valence-corrected chi connectivity index (χ2v) is 5.35. The van der Waals surface area contributed by atoms with E-state index in [1.54, 1.807) is 0 Å². The summed E-state index contributed by atoms with van der Waals surface area (Å²) in [6.07, 6.45) is 0. The smallest absolute Gasteiger partial charge is 0.243 e. The van der Waals surface area contributed by atoms with Gasteiger partial charge in [0.1, 0.15) is 4.90 Å². The first kappa shape index (κ1) is 13.4. The van der Waals surface area contributed by atoms with Gasteiger partial charge in [-0.15, -0.1) is 0 Å². The molecule has 2 N–H and O–H groups in total. The van der Waals surface area contributed by atoms with Crippen molar-refractivity contribution < 1.29 is 17.9 Å². The van der Waals surface area contributed by atoms with Gasteiger partial charge in [0.15, 0.2) is 5.82 Å². The first-order valence-corrected chi connectivity index (χ1v) is 6.32. The summed E-state index contributed by atoms with van der Waals surface area (Å²) < 4.78 is 38.9. The van der Waals surface area contributed by atoms with Gasteiger partial charge in [-0.2, -0.15) is 0 Å². The van der Waals surface area contributed by atoms with Gasteiger partial charge in [-0.3, -0.25) is 0 Å². The maximum Gasteiger partial charge on any atom is 0.243 e. The van der Waals surface area contributed by atoms with Crippen molar-refractivity contribution in [2.45, 2.75) is 17.9 Å². The number of aliphatic hydroxyl groups is 1. The van der Waals surface area contributed by atoms with Gasteiger partial charge in [0, 0.05) is 6.04 Å². The molecule has 1 atom stereocenters. The van der Waals surface area contributed by atoms with E-state index in [-0.39, 0.29) is 11.6 Å². The predicted octanol–water partition coefficient (Wildman–Crippen LogP) is 1.14. The second-order valence-electron chi connectivity index (χ2n) is 3.26. The van der Waals surface area contributed by atoms with Crippen LogP contribution in [0.5, 0.6) is 0 Å². The Morgan fingerprint density at radius 1 is 1.56 bits per heavy atom. The van der Waals surface area contributed by atoms with Gasteiger partial charge in [-0.25, -0.2) is 17.5 Å². The summed E-state index contributed by atoms with van der Waals surface area (Å²) in [4.78, 5) is -0.527. The van der Waals surface area contributed by atoms with Crippen LogP contribution in [0.3, 0.4) is 0 Å². The van der Waals surface area contributed by atoms with Crippen molar-refractivity contribution in [2.75, 3.05) is 6.61 Å². The first-order valence-electron chi connectivity index (χ1n) is 4.45. The van der Waals surface area contributed by atoms with Crippen molar-refractivity contribution in [1.82, 2.24) is 4.72 Å². The average Bonchev–Trinajstić information content (AvgIpc) is 2.21. The van der Waals surface area contributed by atoms with Gasteiger partial charge in [0.25, 0.3) is 0 Å². The zero-order chi connectivity index (χ0) is 12.3. The van der Waals surface area contributed by atoms with Crippen molar-refractivity contribution >= 4 is 21.6 Å². The predicted molar refractivity (Wildman–Crippen MR) is 58.3 cm³/mol. The van der Waals surface area contributed by atoms with Crippen LogP contribution < -0.4 is 4.72 Å². The Labute approximate surface area is 98.1 Å². The Balaban J connectivity index is 3.13. The van der Waals surface area contributed by atoms with Crippen LogP contribution in [0.15, 0.2) is 23.1 Å². The Kier molecular flexibility index (Phi) is 4.26. The maximum absolute atomic E-state index is 13.4. The van der Waals surface area contributed by atoms with Gasteiger partial charge in [-0.05, 0) is 19.1 Å². The lowest BCUT2D eigenvalue weighted by molar-refractivity contribution is 0.265. The molecule has 0 saturated heterocycles. The second kappa shape index (κ2) is 5.09. The minimum atomic E-state index is -3.99. The number of aliphatic hydroxyl groups excluding tert-OH is 1. The average molecular weight is 268 g/mol. The van der Waals surface area contributed by atoms with Crippen LogP contribution in [0, 0.1) is 5.82 Å². The van der Waals surface area contributed by atoms with Crippen molar-refractivity contribution in [3.05, 3.63) is 29.0 Å². The summed E-state index contributed by atoms with van der Waals surface area (Å²) in [7, 11) is -3.99. The SMILES string of the molecule is C[C@@H](CO)NS(=O)(=O)c1cccc(Cl)c1F. The molecule has 0 spiro atoms. The molecule has 1 aromatic carbocycles. The van der Waals surface area contributed by atoms with Crippen LogP contribution in [0.25, 0.3) is 0 Å². The molecule has 0 bridgehead atoms. The Morgan fingerprint density at radius 3 is 2.75 bits per heavy atom. The van der Waals surface area contributed by atoms with Gasteiger partial charge in [-0.1, -0.05) is 17.7 Å². The van der Waals surface area contributed by atoms with Crippen LogP contribution in [0.1, 0.15) is 6.92 Å². The lowest BCUT2D eigenvalue weighted by Gasteiger charge is -2.12. The van der Waals surface area contributed by atoms with Crippen molar-refractivity contribution in [2.24, 2.45) is 0 Å². The Bertz CT molecular complexity index is 478. The molecular weight excluding hydrogens is 257 g/mol. The topological polar surface area (TPSA) is 66.4 Å². The molecule has 0 heterocycles. The van der Waals surface area contributed by atoms with Gasteiger partial charge >= 0.3 is 0 Å². The molecule has 4 nitrogen and oxygen atoms in total. The molecule has 0 amide bonds. The molecule has 0 fully saturated rings. The summed E-state index contributed by atoms with van der Waals surface area (Å²) >= 11 is 5.47. The highest BCUT2D eigenvalue weighted by Gasteiger charge is 2.22. The van der Waals surface area contributed by atoms with E-state index in [1.165, 1.54) is 19.1 Å². The third-order valence-corrected chi connectivity index (χ3v) is 3.73. The zero-order valence-electron chi connectivity index (χ0n) is 8.44. The van der Waals surface area contributed by atoms with E-state index in [2.05, 4.69) is 4.72 Å². The largest absolute Gasteiger partial charge is 0.395 e. The van der Waals surface area contributed by atoms with Crippen molar-refractivity contribution in [3.8, 4) is 0 Å². The number of benzene rings is 1. The number of hydrogen-bond donors (Lipinski definition) is 2. The molecule has 0 saturated carbocycles. The fourth-order valence-electron chi connectivity index (χ4n) is 1.06. The Morgan fingerprint density at radius 2 is 2.19 bits per heavy atom. The Hall–Kier alpha value is -0.690. The molecule has 0 aliphatic carbocycles. The lowest BCUT2D eigenvalue weighted by Crippen LogP contribution is -2.35. The number of nitrogens with one attached hydrogen (secondary N) is 1. The molecule has 0 unspecified atom stereocenters. The summed E-state index contributed by atoms with van der Waals surface area (Å²) in [6, 6.07) is 3.01. The minimum Gasteiger partial charge on any atom is -0.395 e. The highest BCUT2D eigenvalue weighted by atomic mass is 35.5. The quantitative estimate of drug-likeness (QED) is 0.860. The lowest BCUT2D eigenvalue weighted by atomic mass is 10.3. The normalized spacial score (nSPS) is 13.8. The highest BCUT2D eigenvalue weighted by molar-refractivity contribution is 7.89. The minimum absolute atomic E-state index is 0.264. The van der Waals surface area contributed by atoms with E-state index < -0.39 is 26.8 Å². The van der Waals surface area contributed by atoms with Crippen LogP contribution in [0.2, 0.25) is 5.02 Å². The van der Waals surface area contributed by atoms with E-state index in [0.29, 0.717) is 0 Å². The van der Waals surface area contributed by atoms with E-state index in [4.69, 9.17) is 16.7 Å². The number of hydrogen-bond acceptors (Lipinski definition) is 3. The van der Waals surface area contributed by atoms with Gasteiger partial charge < -0.3 is 5.11 Å². The number of sulfonamides is 1. The van der Waals surface area contributed by atoms with Crippen LogP contribution in [0.4, 0.5) is 4.39 Å². The molecule has 0 aliphatic rings. The summed E-state index contributed by atoms with van der Waals surface area (Å²) in [5.74, 6) is -0.998. The number of rotatable bonds is 4. The van der Waals surface area contributed by atoms with E-state index in [0.717, 1.165) is 6.07 Å². The van der Waals surface area contributed by atoms with Gasteiger partial charge in [0.05, 0.1) is 11.6 Å². The van der Waals surface area contributed by atoms with Crippen LogP contribution in [-0.2, 0) is 10.0 Å². The maximum atomic E-state index is 13.4. The molecular formula is C9H11ClFNO3S. The molecule has 0 aromatic heterocycles. The highest BCUT2D eigenvalue weighted by Crippen LogP contribution is 2.21. The molecule has 90 valence electrons. The third-order valence-electron chi connectivity index (χ3n) is 1.84. The molecule has 1 rings (SSSR count). The molecule has 0 aliphatic heterocycles.